The van der Waals surface area contributed by atoms with Crippen molar-refractivity contribution >= 4 is 16.9 Å². The number of hydrogen-bond donors (Lipinski definition) is 3. The van der Waals surface area contributed by atoms with E-state index in [0.717, 1.165) is 23.9 Å². The topological polar surface area (TPSA) is 77.8 Å². The summed E-state index contributed by atoms with van der Waals surface area (Å²) in [6.07, 6.45) is -2.90. The Morgan fingerprint density at radius 2 is 1.95 bits per heavy atom. The van der Waals surface area contributed by atoms with Gasteiger partial charge in [0, 0.05) is 18.2 Å². The van der Waals surface area contributed by atoms with E-state index in [2.05, 4.69) is 0 Å². The van der Waals surface area contributed by atoms with E-state index in [4.69, 9.17) is 5.11 Å². The smallest absolute Gasteiger partial charge is 0.200 e. The van der Waals surface area contributed by atoms with Gasteiger partial charge in [0.05, 0.1) is 6.10 Å². The fraction of sp³-hybridized carbons (Fsp3) is 0.417. The molecule has 0 aliphatic carbocycles. The second kappa shape index (κ2) is 6.83. The summed E-state index contributed by atoms with van der Waals surface area (Å²) in [4.78, 5) is 10.7. The van der Waals surface area contributed by atoms with Gasteiger partial charge in [-0.15, -0.1) is 0 Å². The van der Waals surface area contributed by atoms with Crippen molar-refractivity contribution in [3.63, 3.8) is 0 Å². The Hall–Kier alpha value is -1.18. The number of phenols is 1. The molecule has 3 N–H and O–H groups in total. The Morgan fingerprint density at radius 3 is 2.53 bits per heavy atom. The van der Waals surface area contributed by atoms with Crippen LogP contribution in [0.3, 0.4) is 0 Å². The van der Waals surface area contributed by atoms with E-state index >= 15 is 0 Å². The van der Waals surface area contributed by atoms with Gasteiger partial charge in [0.15, 0.2) is 16.7 Å². The predicted octanol–water partition coefficient (Wildman–Crippen LogP) is 1.73. The molecule has 4 nitrogen and oxygen atoms in total. The summed E-state index contributed by atoms with van der Waals surface area (Å²) in [5, 5.41) is 28.2. The molecule has 0 heterocycles. The van der Waals surface area contributed by atoms with Crippen LogP contribution in [0.4, 0.5) is 8.78 Å². The van der Waals surface area contributed by atoms with Gasteiger partial charge in [-0.3, -0.25) is 4.79 Å². The largest absolute Gasteiger partial charge is 0.505 e. The molecule has 0 fully saturated rings. The van der Waals surface area contributed by atoms with E-state index in [9.17, 15) is 23.8 Å². The molecule has 2 unspecified atom stereocenters. The van der Waals surface area contributed by atoms with Crippen LogP contribution in [0, 0.1) is 11.6 Å². The van der Waals surface area contributed by atoms with E-state index in [1.54, 1.807) is 0 Å². The highest BCUT2D eigenvalue weighted by atomic mass is 32.2. The lowest BCUT2D eigenvalue weighted by atomic mass is 10.0. The van der Waals surface area contributed by atoms with Gasteiger partial charge in [0.1, 0.15) is 6.10 Å². The fourth-order valence-electron chi connectivity index (χ4n) is 1.47. The molecule has 0 aliphatic heterocycles. The molecule has 2 atom stereocenters. The van der Waals surface area contributed by atoms with Gasteiger partial charge in [-0.2, -0.15) is 4.39 Å². The highest BCUT2D eigenvalue weighted by Crippen LogP contribution is 2.28. The van der Waals surface area contributed by atoms with Crippen LogP contribution in [0.5, 0.6) is 5.75 Å². The molecule has 0 saturated carbocycles. The van der Waals surface area contributed by atoms with Crippen molar-refractivity contribution in [2.24, 2.45) is 0 Å². The first-order valence-electron chi connectivity index (χ1n) is 5.51. The zero-order valence-corrected chi connectivity index (χ0v) is 11.0. The Kier molecular flexibility index (Phi) is 5.71. The van der Waals surface area contributed by atoms with Gasteiger partial charge in [0.2, 0.25) is 5.82 Å². The van der Waals surface area contributed by atoms with Crippen LogP contribution in [0.1, 0.15) is 25.0 Å². The van der Waals surface area contributed by atoms with E-state index in [1.807, 2.05) is 0 Å². The van der Waals surface area contributed by atoms with Crippen molar-refractivity contribution in [2.75, 3.05) is 5.75 Å². The lowest BCUT2D eigenvalue weighted by molar-refractivity contribution is -0.109. The lowest BCUT2D eigenvalue weighted by Crippen LogP contribution is -2.20. The number of aliphatic hydroxyl groups is 2. The molecule has 19 heavy (non-hydrogen) atoms. The van der Waals surface area contributed by atoms with Crippen LogP contribution in [0.2, 0.25) is 0 Å². The fourth-order valence-corrected chi connectivity index (χ4v) is 2.12. The summed E-state index contributed by atoms with van der Waals surface area (Å²) in [6, 6.07) is 1.90. The first kappa shape index (κ1) is 15.9. The zero-order valence-electron chi connectivity index (χ0n) is 10.1. The van der Waals surface area contributed by atoms with Crippen LogP contribution < -0.4 is 0 Å². The van der Waals surface area contributed by atoms with Crippen LogP contribution in [-0.2, 0) is 4.79 Å². The SMILES string of the molecule is CC(=O)SCCC(O)C(O)c1ccc(O)c(F)c1F. The predicted molar refractivity (Wildman–Crippen MR) is 66.7 cm³/mol. The van der Waals surface area contributed by atoms with Gasteiger partial charge in [-0.05, 0) is 18.6 Å². The number of benzene rings is 1. The molecule has 0 amide bonds. The summed E-state index contributed by atoms with van der Waals surface area (Å²) < 4.78 is 26.6. The molecule has 1 rings (SSSR count). The Balaban J connectivity index is 2.74. The Bertz CT molecular complexity index is 467. The van der Waals surface area contributed by atoms with Crippen molar-refractivity contribution in [1.82, 2.24) is 0 Å². The van der Waals surface area contributed by atoms with Crippen molar-refractivity contribution in [3.8, 4) is 5.75 Å². The Morgan fingerprint density at radius 1 is 1.32 bits per heavy atom. The average Bonchev–Trinajstić information content (AvgIpc) is 2.35. The van der Waals surface area contributed by atoms with Crippen molar-refractivity contribution in [2.45, 2.75) is 25.6 Å². The van der Waals surface area contributed by atoms with Crippen LogP contribution in [0.15, 0.2) is 12.1 Å². The van der Waals surface area contributed by atoms with Crippen LogP contribution in [-0.4, -0.2) is 32.3 Å². The second-order valence-electron chi connectivity index (χ2n) is 3.94. The number of thioether (sulfide) groups is 1. The second-order valence-corrected chi connectivity index (χ2v) is 5.21. The maximum absolute atomic E-state index is 13.5. The maximum atomic E-state index is 13.5. The van der Waals surface area contributed by atoms with Gasteiger partial charge >= 0.3 is 0 Å². The van der Waals surface area contributed by atoms with E-state index in [0.29, 0.717) is 0 Å². The molecular formula is C12H14F2O4S. The summed E-state index contributed by atoms with van der Waals surface area (Å²) in [6.45, 7) is 1.36. The highest BCUT2D eigenvalue weighted by Gasteiger charge is 2.24. The zero-order chi connectivity index (χ0) is 14.6. The molecule has 0 saturated heterocycles. The minimum Gasteiger partial charge on any atom is -0.505 e. The first-order valence-corrected chi connectivity index (χ1v) is 6.49. The van der Waals surface area contributed by atoms with E-state index in [-0.39, 0.29) is 17.3 Å². The third kappa shape index (κ3) is 4.15. The van der Waals surface area contributed by atoms with Gasteiger partial charge in [-0.25, -0.2) is 4.39 Å². The normalized spacial score (nSPS) is 14.2. The van der Waals surface area contributed by atoms with Crippen LogP contribution >= 0.6 is 11.8 Å². The molecule has 1 aromatic carbocycles. The summed E-state index contributed by atoms with van der Waals surface area (Å²) >= 11 is 0.964. The molecule has 0 radical (unpaired) electrons. The van der Waals surface area contributed by atoms with Crippen LogP contribution in [0.25, 0.3) is 0 Å². The highest BCUT2D eigenvalue weighted by molar-refractivity contribution is 8.13. The number of phenolic OH excluding ortho intramolecular Hbond substituents is 1. The number of aromatic hydroxyl groups is 1. The molecule has 0 aliphatic rings. The third-order valence-electron chi connectivity index (χ3n) is 2.49. The minimum absolute atomic E-state index is 0.0490. The first-order chi connectivity index (χ1) is 8.84. The van der Waals surface area contributed by atoms with E-state index in [1.165, 1.54) is 6.92 Å². The summed E-state index contributed by atoms with van der Waals surface area (Å²) in [5.74, 6) is -3.47. The van der Waals surface area contributed by atoms with E-state index < -0.39 is 35.2 Å². The number of aliphatic hydroxyl groups excluding tert-OH is 2. The number of carbonyl (C=O) groups is 1. The van der Waals surface area contributed by atoms with Gasteiger partial charge in [-0.1, -0.05) is 11.8 Å². The van der Waals surface area contributed by atoms with Crippen molar-refractivity contribution in [3.05, 3.63) is 29.3 Å². The molecule has 1 aromatic rings. The number of halogens is 2. The number of carbonyl (C=O) groups excluding carboxylic acids is 1. The quantitative estimate of drug-likeness (QED) is 0.770. The monoisotopic (exact) mass is 292 g/mol. The third-order valence-corrected chi connectivity index (χ3v) is 3.34. The molecule has 0 aromatic heterocycles. The average molecular weight is 292 g/mol. The maximum Gasteiger partial charge on any atom is 0.200 e. The van der Waals surface area contributed by atoms with Crippen molar-refractivity contribution in [1.29, 1.82) is 0 Å². The van der Waals surface area contributed by atoms with Gasteiger partial charge < -0.3 is 15.3 Å². The minimum atomic E-state index is -1.62. The van der Waals surface area contributed by atoms with Crippen molar-refractivity contribution < 1.29 is 28.9 Å². The van der Waals surface area contributed by atoms with Gasteiger partial charge in [0.25, 0.3) is 0 Å². The molecule has 0 spiro atoms. The molecular weight excluding hydrogens is 278 g/mol. The molecule has 0 bridgehead atoms. The lowest BCUT2D eigenvalue weighted by Gasteiger charge is -2.18. The summed E-state index contributed by atoms with van der Waals surface area (Å²) in [7, 11) is 0. The number of rotatable bonds is 5. The summed E-state index contributed by atoms with van der Waals surface area (Å²) in [5.41, 5.74) is -0.435. The molecule has 106 valence electrons. The standard InChI is InChI=1S/C12H14F2O4S/c1-6(15)19-5-4-9(17)12(18)7-2-3-8(16)11(14)10(7)13/h2-3,9,12,16-18H,4-5H2,1H3. The molecule has 7 heteroatoms. The Labute approximate surface area is 113 Å². The number of hydrogen-bond acceptors (Lipinski definition) is 5.